The maximum atomic E-state index is 12.9. The molecule has 2 aromatic rings. The van der Waals surface area contributed by atoms with E-state index in [1.807, 2.05) is 24.8 Å². The molecule has 1 fully saturated rings. The molecule has 1 saturated heterocycles. The third-order valence-electron chi connectivity index (χ3n) is 5.53. The van der Waals surface area contributed by atoms with E-state index in [2.05, 4.69) is 5.32 Å². The highest BCUT2D eigenvalue weighted by atomic mass is 32.2. The summed E-state index contributed by atoms with van der Waals surface area (Å²) in [6.45, 7) is 7.70. The molecule has 0 aromatic heterocycles. The number of piperazine rings is 1. The van der Waals surface area contributed by atoms with Gasteiger partial charge in [0.1, 0.15) is 18.5 Å². The number of ether oxygens (including phenoxy) is 1. The number of hydrogen-bond acceptors (Lipinski definition) is 6. The number of hydrogen-bond donors (Lipinski definition) is 2. The molecule has 1 aliphatic heterocycles. The van der Waals surface area contributed by atoms with E-state index in [1.54, 1.807) is 36.4 Å². The number of aliphatic hydroxyl groups is 1. The summed E-state index contributed by atoms with van der Waals surface area (Å²) in [6, 6.07) is 12.1. The largest absolute Gasteiger partial charge is 0.491 e. The Bertz CT molecular complexity index is 1030. The molecule has 9 heteroatoms. The number of carbonyl (C=O) groups is 1. The molecule has 0 bridgehead atoms. The Labute approximate surface area is 189 Å². The van der Waals surface area contributed by atoms with Crippen molar-refractivity contribution in [3.8, 4) is 5.75 Å². The zero-order valence-corrected chi connectivity index (χ0v) is 19.6. The predicted octanol–water partition coefficient (Wildman–Crippen LogP) is 2.01. The summed E-state index contributed by atoms with van der Waals surface area (Å²) in [5, 5.41) is 13.0. The number of sulfonamides is 1. The van der Waals surface area contributed by atoms with E-state index in [1.165, 1.54) is 11.2 Å². The smallest absolute Gasteiger partial charge is 0.243 e. The molecule has 2 aromatic carbocycles. The monoisotopic (exact) mass is 461 g/mol. The highest BCUT2D eigenvalue weighted by molar-refractivity contribution is 7.89. The van der Waals surface area contributed by atoms with Crippen LogP contribution in [0.4, 0.5) is 5.69 Å². The van der Waals surface area contributed by atoms with Crippen molar-refractivity contribution in [3.63, 3.8) is 0 Å². The number of amides is 1. The number of carbonyl (C=O) groups excluding carboxylic acids is 1. The van der Waals surface area contributed by atoms with Gasteiger partial charge < -0.3 is 15.2 Å². The zero-order chi connectivity index (χ0) is 23.3. The topological polar surface area (TPSA) is 99.2 Å². The van der Waals surface area contributed by atoms with E-state index in [9.17, 15) is 18.3 Å². The van der Waals surface area contributed by atoms with Gasteiger partial charge in [0, 0.05) is 45.3 Å². The van der Waals surface area contributed by atoms with Crippen LogP contribution in [0.1, 0.15) is 18.1 Å². The molecule has 0 radical (unpaired) electrons. The number of benzene rings is 2. The zero-order valence-electron chi connectivity index (χ0n) is 18.7. The van der Waals surface area contributed by atoms with Gasteiger partial charge in [-0.05, 0) is 61.4 Å². The molecule has 174 valence electrons. The Balaban J connectivity index is 1.46. The quantitative estimate of drug-likeness (QED) is 0.624. The maximum Gasteiger partial charge on any atom is 0.243 e. The second-order valence-corrected chi connectivity index (χ2v) is 10.1. The van der Waals surface area contributed by atoms with E-state index >= 15 is 0 Å². The number of nitrogens with zero attached hydrogens (tertiary/aromatic N) is 2. The summed E-state index contributed by atoms with van der Waals surface area (Å²) in [7, 11) is -3.52. The minimum Gasteiger partial charge on any atom is -0.491 e. The molecule has 2 N–H and O–H groups in total. The molecule has 0 aliphatic carbocycles. The number of rotatable bonds is 8. The van der Waals surface area contributed by atoms with Crippen LogP contribution in [0.5, 0.6) is 5.75 Å². The van der Waals surface area contributed by atoms with Gasteiger partial charge in [-0.1, -0.05) is 6.07 Å². The van der Waals surface area contributed by atoms with Gasteiger partial charge in [0.25, 0.3) is 0 Å². The lowest BCUT2D eigenvalue weighted by molar-refractivity contribution is -0.114. The van der Waals surface area contributed by atoms with Crippen LogP contribution in [0, 0.1) is 13.8 Å². The first-order chi connectivity index (χ1) is 15.1. The average molecular weight is 462 g/mol. The Kier molecular flexibility index (Phi) is 7.89. The van der Waals surface area contributed by atoms with Crippen molar-refractivity contribution in [1.29, 1.82) is 0 Å². The van der Waals surface area contributed by atoms with E-state index in [4.69, 9.17) is 4.74 Å². The second kappa shape index (κ2) is 10.4. The summed E-state index contributed by atoms with van der Waals surface area (Å²) in [6.07, 6.45) is -0.701. The van der Waals surface area contributed by atoms with Crippen LogP contribution < -0.4 is 10.1 Å². The predicted molar refractivity (Wildman–Crippen MR) is 123 cm³/mol. The molecule has 1 heterocycles. The van der Waals surface area contributed by atoms with Gasteiger partial charge >= 0.3 is 0 Å². The van der Waals surface area contributed by atoms with Crippen LogP contribution in [-0.4, -0.2) is 74.1 Å². The number of aliphatic hydroxyl groups excluding tert-OH is 1. The summed E-state index contributed by atoms with van der Waals surface area (Å²) in [5.74, 6) is 0.457. The highest BCUT2D eigenvalue weighted by Crippen LogP contribution is 2.21. The Morgan fingerprint density at radius 3 is 2.31 bits per heavy atom. The Morgan fingerprint density at radius 1 is 1.06 bits per heavy atom. The number of nitrogens with one attached hydrogen (secondary N) is 1. The Hall–Kier alpha value is -2.46. The fourth-order valence-corrected chi connectivity index (χ4v) is 5.06. The van der Waals surface area contributed by atoms with Gasteiger partial charge in [0.05, 0.1) is 4.90 Å². The van der Waals surface area contributed by atoms with Crippen molar-refractivity contribution in [2.45, 2.75) is 31.8 Å². The van der Waals surface area contributed by atoms with Crippen molar-refractivity contribution in [3.05, 3.63) is 53.6 Å². The fraction of sp³-hybridized carbons (Fsp3) is 0.435. The first-order valence-electron chi connectivity index (χ1n) is 10.6. The summed E-state index contributed by atoms with van der Waals surface area (Å²) in [4.78, 5) is 13.4. The van der Waals surface area contributed by atoms with Crippen molar-refractivity contribution in [2.75, 3.05) is 44.6 Å². The van der Waals surface area contributed by atoms with Gasteiger partial charge in [0.15, 0.2) is 0 Å². The molecule has 8 nitrogen and oxygen atoms in total. The Morgan fingerprint density at radius 2 is 1.72 bits per heavy atom. The molecular weight excluding hydrogens is 430 g/mol. The highest BCUT2D eigenvalue weighted by Gasteiger charge is 2.29. The number of anilines is 1. The third-order valence-corrected chi connectivity index (χ3v) is 7.43. The second-order valence-electron chi connectivity index (χ2n) is 8.12. The van der Waals surface area contributed by atoms with Crippen LogP contribution in [0.15, 0.2) is 47.4 Å². The first kappa shape index (κ1) is 24.2. The lowest BCUT2D eigenvalue weighted by atomic mass is 10.1. The van der Waals surface area contributed by atoms with Crippen LogP contribution in [0.25, 0.3) is 0 Å². The van der Waals surface area contributed by atoms with Crippen molar-refractivity contribution >= 4 is 21.6 Å². The molecule has 1 aliphatic rings. The minimum atomic E-state index is -3.52. The lowest BCUT2D eigenvalue weighted by Gasteiger charge is -2.34. The molecule has 0 unspecified atom stereocenters. The molecule has 0 spiro atoms. The maximum absolute atomic E-state index is 12.9. The third kappa shape index (κ3) is 6.29. The molecule has 3 rings (SSSR count). The first-order valence-corrected chi connectivity index (χ1v) is 12.1. The fourth-order valence-electron chi connectivity index (χ4n) is 3.56. The van der Waals surface area contributed by atoms with E-state index in [0.717, 1.165) is 11.1 Å². The van der Waals surface area contributed by atoms with E-state index in [-0.39, 0.29) is 12.5 Å². The summed E-state index contributed by atoms with van der Waals surface area (Å²) in [5.41, 5.74) is 2.70. The molecule has 32 heavy (non-hydrogen) atoms. The molecular formula is C23H31N3O5S. The average Bonchev–Trinajstić information content (AvgIpc) is 2.75. The van der Waals surface area contributed by atoms with Crippen LogP contribution in [0.3, 0.4) is 0 Å². The molecule has 1 atom stereocenters. The molecule has 1 amide bonds. The van der Waals surface area contributed by atoms with Crippen LogP contribution >= 0.6 is 0 Å². The van der Waals surface area contributed by atoms with E-state index < -0.39 is 16.1 Å². The van der Waals surface area contributed by atoms with E-state index in [0.29, 0.717) is 49.1 Å². The number of β-amino-alcohol motifs (C(OH)–C–C–N with tert-alkyl or cyclic N) is 1. The van der Waals surface area contributed by atoms with Crippen molar-refractivity contribution in [2.24, 2.45) is 0 Å². The van der Waals surface area contributed by atoms with Crippen LogP contribution in [0.2, 0.25) is 0 Å². The standard InChI is InChI=1S/C23H31N3O5S/c1-17-4-9-23(14-18(17)2)32(29,30)26-12-10-25(11-13-26)15-21(28)16-31-22-7-5-20(6-8-22)24-19(3)27/h4-9,14,21,28H,10-13,15-16H2,1-3H3,(H,24,27)/t21-/m1/s1. The van der Waals surface area contributed by atoms with Gasteiger partial charge in [-0.15, -0.1) is 0 Å². The van der Waals surface area contributed by atoms with Gasteiger partial charge in [-0.3, -0.25) is 9.69 Å². The summed E-state index contributed by atoms with van der Waals surface area (Å²) < 4.78 is 33.0. The summed E-state index contributed by atoms with van der Waals surface area (Å²) >= 11 is 0. The van der Waals surface area contributed by atoms with Gasteiger partial charge in [-0.25, -0.2) is 8.42 Å². The minimum absolute atomic E-state index is 0.126. The van der Waals surface area contributed by atoms with Crippen molar-refractivity contribution in [1.82, 2.24) is 9.21 Å². The lowest BCUT2D eigenvalue weighted by Crippen LogP contribution is -2.50. The SMILES string of the molecule is CC(=O)Nc1ccc(OC[C@H](O)CN2CCN(S(=O)(=O)c3ccc(C)c(C)c3)CC2)cc1. The normalized spacial score (nSPS) is 16.5. The van der Waals surface area contributed by atoms with Gasteiger partial charge in [0.2, 0.25) is 15.9 Å². The number of aryl methyl sites for hydroxylation is 2. The van der Waals surface area contributed by atoms with Crippen molar-refractivity contribution < 1.29 is 23.1 Å². The van der Waals surface area contributed by atoms with Crippen LogP contribution in [-0.2, 0) is 14.8 Å². The molecule has 0 saturated carbocycles. The van der Waals surface area contributed by atoms with Gasteiger partial charge in [-0.2, -0.15) is 4.31 Å².